The molecule has 1 saturated heterocycles. The van der Waals surface area contributed by atoms with E-state index in [0.717, 1.165) is 0 Å². The number of esters is 1. The summed E-state index contributed by atoms with van der Waals surface area (Å²) in [5.74, 6) is 0.710. The fraction of sp³-hybridized carbons (Fsp3) is 0.385. The van der Waals surface area contributed by atoms with E-state index in [1.165, 1.54) is 0 Å². The smallest absolute Gasteiger partial charge is 0.307 e. The van der Waals surface area contributed by atoms with Crippen molar-refractivity contribution in [1.82, 2.24) is 0 Å². The van der Waals surface area contributed by atoms with Crippen LogP contribution in [-0.2, 0) is 9.53 Å². The second kappa shape index (κ2) is 3.73. The Morgan fingerprint density at radius 1 is 1.22 bits per heavy atom. The molecule has 2 aliphatic rings. The summed E-state index contributed by atoms with van der Waals surface area (Å²) in [4.78, 5) is 23.7. The van der Waals surface area contributed by atoms with Crippen LogP contribution in [0.25, 0.3) is 0 Å². The fourth-order valence-electron chi connectivity index (χ4n) is 2.34. The Kier molecular flexibility index (Phi) is 2.29. The second-order valence-electron chi connectivity index (χ2n) is 4.60. The van der Waals surface area contributed by atoms with Crippen LogP contribution in [0.4, 0.5) is 0 Å². The lowest BCUT2D eigenvalue weighted by Crippen LogP contribution is -2.41. The molecule has 18 heavy (non-hydrogen) atoms. The monoisotopic (exact) mass is 248 g/mol. The maximum atomic E-state index is 12.4. The highest BCUT2D eigenvalue weighted by Crippen LogP contribution is 2.41. The average Bonchev–Trinajstić information content (AvgIpc) is 2.77. The maximum Gasteiger partial charge on any atom is 0.307 e. The minimum absolute atomic E-state index is 0.0859. The van der Waals surface area contributed by atoms with Gasteiger partial charge < -0.3 is 14.2 Å². The molecule has 2 aliphatic heterocycles. The predicted octanol–water partition coefficient (Wildman–Crippen LogP) is 1.20. The fourth-order valence-corrected chi connectivity index (χ4v) is 2.34. The summed E-state index contributed by atoms with van der Waals surface area (Å²) in [5, 5.41) is 0. The van der Waals surface area contributed by atoms with Crippen LogP contribution in [0.2, 0.25) is 0 Å². The highest BCUT2D eigenvalue weighted by Gasteiger charge is 2.51. The van der Waals surface area contributed by atoms with Crippen molar-refractivity contribution < 1.29 is 23.8 Å². The van der Waals surface area contributed by atoms with Gasteiger partial charge in [0.1, 0.15) is 30.1 Å². The first-order valence-electron chi connectivity index (χ1n) is 5.66. The number of Topliss-reactive ketones (excluding diaryl/α,β-unsaturated/α-hetero) is 1. The van der Waals surface area contributed by atoms with Crippen molar-refractivity contribution in [3.05, 3.63) is 23.8 Å². The number of cyclic esters (lactones) is 1. The van der Waals surface area contributed by atoms with Crippen molar-refractivity contribution in [2.75, 3.05) is 20.3 Å². The molecule has 0 aliphatic carbocycles. The summed E-state index contributed by atoms with van der Waals surface area (Å²) in [6.45, 7) is 0.286. The van der Waals surface area contributed by atoms with Crippen LogP contribution in [0.3, 0.4) is 0 Å². The van der Waals surface area contributed by atoms with Crippen LogP contribution in [-0.4, -0.2) is 32.1 Å². The molecule has 1 fully saturated rings. The van der Waals surface area contributed by atoms with Gasteiger partial charge in [0, 0.05) is 6.07 Å². The van der Waals surface area contributed by atoms with Crippen LogP contribution in [0.1, 0.15) is 16.8 Å². The summed E-state index contributed by atoms with van der Waals surface area (Å²) in [5.41, 5.74) is -0.348. The van der Waals surface area contributed by atoms with Crippen molar-refractivity contribution in [2.45, 2.75) is 6.42 Å². The number of ether oxygens (including phenoxy) is 3. The molecule has 0 amide bonds. The Morgan fingerprint density at radius 2 is 2.00 bits per heavy atom. The Hall–Kier alpha value is -2.04. The van der Waals surface area contributed by atoms with Gasteiger partial charge in [-0.25, -0.2) is 0 Å². The van der Waals surface area contributed by atoms with Gasteiger partial charge in [-0.3, -0.25) is 9.59 Å². The van der Waals surface area contributed by atoms with Crippen LogP contribution in [0.5, 0.6) is 11.5 Å². The highest BCUT2D eigenvalue weighted by molar-refractivity contribution is 6.06. The number of hydrogen-bond donors (Lipinski definition) is 0. The molecule has 2 heterocycles. The van der Waals surface area contributed by atoms with E-state index in [0.29, 0.717) is 17.1 Å². The van der Waals surface area contributed by atoms with Crippen molar-refractivity contribution in [1.29, 1.82) is 0 Å². The van der Waals surface area contributed by atoms with Gasteiger partial charge >= 0.3 is 5.97 Å². The van der Waals surface area contributed by atoms with E-state index in [1.54, 1.807) is 25.3 Å². The molecule has 0 saturated carbocycles. The van der Waals surface area contributed by atoms with Gasteiger partial charge in [-0.15, -0.1) is 0 Å². The number of rotatable bonds is 1. The lowest BCUT2D eigenvalue weighted by atomic mass is 9.78. The molecule has 5 heteroatoms. The summed E-state index contributed by atoms with van der Waals surface area (Å²) in [6, 6.07) is 5.05. The largest absolute Gasteiger partial charge is 0.497 e. The molecule has 0 N–H and O–H groups in total. The molecule has 1 aromatic rings. The van der Waals surface area contributed by atoms with E-state index in [1.807, 2.05) is 0 Å². The SMILES string of the molecule is COc1ccc2c(c1)OCC1(COC(=O)C1)C2=O. The molecule has 3 rings (SSSR count). The number of carbonyl (C=O) groups is 2. The first kappa shape index (κ1) is 11.1. The van der Waals surface area contributed by atoms with E-state index in [-0.39, 0.29) is 31.4 Å². The Balaban J connectivity index is 2.00. The summed E-state index contributed by atoms with van der Waals surface area (Å²) in [6.07, 6.45) is 0.0945. The lowest BCUT2D eigenvalue weighted by molar-refractivity contribution is -0.137. The van der Waals surface area contributed by atoms with E-state index in [2.05, 4.69) is 0 Å². The third-order valence-corrected chi connectivity index (χ3v) is 3.41. The first-order valence-corrected chi connectivity index (χ1v) is 5.66. The number of fused-ring (bicyclic) bond motifs is 1. The summed E-state index contributed by atoms with van der Waals surface area (Å²) >= 11 is 0. The number of carbonyl (C=O) groups excluding carboxylic acids is 2. The van der Waals surface area contributed by atoms with Gasteiger partial charge in [0.25, 0.3) is 0 Å². The minimum Gasteiger partial charge on any atom is -0.497 e. The zero-order chi connectivity index (χ0) is 12.8. The number of benzene rings is 1. The van der Waals surface area contributed by atoms with Crippen molar-refractivity contribution in [3.63, 3.8) is 0 Å². The van der Waals surface area contributed by atoms with E-state index in [4.69, 9.17) is 14.2 Å². The van der Waals surface area contributed by atoms with Gasteiger partial charge in [-0.05, 0) is 12.1 Å². The molecular weight excluding hydrogens is 236 g/mol. The van der Waals surface area contributed by atoms with Crippen LogP contribution >= 0.6 is 0 Å². The summed E-state index contributed by atoms with van der Waals surface area (Å²) < 4.78 is 15.6. The highest BCUT2D eigenvalue weighted by atomic mass is 16.5. The molecular formula is C13H12O5. The molecule has 1 atom stereocenters. The molecule has 5 nitrogen and oxygen atoms in total. The standard InChI is InChI=1S/C13H12O5/c1-16-8-2-3-9-10(4-8)17-6-13(12(9)15)5-11(14)18-7-13/h2-4H,5-7H2,1H3. The predicted molar refractivity (Wildman–Crippen MR) is 60.8 cm³/mol. The van der Waals surface area contributed by atoms with Gasteiger partial charge in [0.2, 0.25) is 0 Å². The second-order valence-corrected chi connectivity index (χ2v) is 4.60. The lowest BCUT2D eigenvalue weighted by Gasteiger charge is -2.30. The van der Waals surface area contributed by atoms with Gasteiger partial charge in [-0.1, -0.05) is 0 Å². The van der Waals surface area contributed by atoms with Gasteiger partial charge in [-0.2, -0.15) is 0 Å². The van der Waals surface area contributed by atoms with E-state index in [9.17, 15) is 9.59 Å². The van der Waals surface area contributed by atoms with E-state index >= 15 is 0 Å². The zero-order valence-corrected chi connectivity index (χ0v) is 9.89. The minimum atomic E-state index is -0.835. The average molecular weight is 248 g/mol. The molecule has 0 bridgehead atoms. The molecule has 94 valence electrons. The molecule has 0 aromatic heterocycles. The van der Waals surface area contributed by atoms with Crippen molar-refractivity contribution in [3.8, 4) is 11.5 Å². The van der Waals surface area contributed by atoms with Crippen molar-refractivity contribution in [2.24, 2.45) is 5.41 Å². The van der Waals surface area contributed by atoms with Crippen LogP contribution in [0, 0.1) is 5.41 Å². The number of ketones is 1. The third kappa shape index (κ3) is 1.47. The molecule has 1 aromatic carbocycles. The zero-order valence-electron chi connectivity index (χ0n) is 9.89. The Labute approximate surface area is 104 Å². The Morgan fingerprint density at radius 3 is 2.67 bits per heavy atom. The van der Waals surface area contributed by atoms with E-state index < -0.39 is 5.41 Å². The van der Waals surface area contributed by atoms with Crippen LogP contribution in [0.15, 0.2) is 18.2 Å². The first-order chi connectivity index (χ1) is 8.64. The molecule has 1 unspecified atom stereocenters. The van der Waals surface area contributed by atoms with Crippen LogP contribution < -0.4 is 9.47 Å². The topological polar surface area (TPSA) is 61.8 Å². The van der Waals surface area contributed by atoms with Gasteiger partial charge in [0.15, 0.2) is 5.78 Å². The molecule has 0 radical (unpaired) electrons. The number of hydrogen-bond acceptors (Lipinski definition) is 5. The normalized spacial score (nSPS) is 25.6. The third-order valence-electron chi connectivity index (χ3n) is 3.41. The van der Waals surface area contributed by atoms with Gasteiger partial charge in [0.05, 0.1) is 19.1 Å². The Bertz CT molecular complexity index is 536. The van der Waals surface area contributed by atoms with Crippen molar-refractivity contribution >= 4 is 11.8 Å². The number of methoxy groups -OCH3 is 1. The molecule has 1 spiro atoms. The quantitative estimate of drug-likeness (QED) is 0.699. The maximum absolute atomic E-state index is 12.4. The summed E-state index contributed by atoms with van der Waals surface area (Å²) in [7, 11) is 1.55.